The van der Waals surface area contributed by atoms with Gasteiger partial charge in [0.05, 0.1) is 11.7 Å². The molecule has 0 bridgehead atoms. The number of carbonyl (C=O) groups is 1. The van der Waals surface area contributed by atoms with Crippen molar-refractivity contribution in [1.82, 2.24) is 9.66 Å². The quantitative estimate of drug-likeness (QED) is 0.856. The normalized spacial score (nSPS) is 17.7. The maximum atomic E-state index is 13.2. The predicted molar refractivity (Wildman–Crippen MR) is 73.1 cm³/mol. The van der Waals surface area contributed by atoms with Crippen molar-refractivity contribution in [2.45, 2.75) is 25.6 Å². The molecule has 1 heterocycles. The Morgan fingerprint density at radius 1 is 1.36 bits per heavy atom. The molecule has 1 aliphatic carbocycles. The molecule has 7 heteroatoms. The van der Waals surface area contributed by atoms with Gasteiger partial charge in [0.1, 0.15) is 0 Å². The summed E-state index contributed by atoms with van der Waals surface area (Å²) < 4.78 is 40.4. The molecule has 1 unspecified atom stereocenters. The zero-order valence-corrected chi connectivity index (χ0v) is 12.0. The first-order valence-corrected chi connectivity index (χ1v) is 6.70. The molecular weight excluding hydrogens is 295 g/mol. The number of alkyl halides is 3. The summed E-state index contributed by atoms with van der Waals surface area (Å²) in [7, 11) is 1.51. The van der Waals surface area contributed by atoms with Crippen LogP contribution in [0.2, 0.25) is 0 Å². The van der Waals surface area contributed by atoms with Crippen molar-refractivity contribution < 1.29 is 18.0 Å². The molecule has 1 aromatic carbocycles. The molecule has 1 atom stereocenters. The van der Waals surface area contributed by atoms with Gasteiger partial charge in [-0.3, -0.25) is 4.79 Å². The Morgan fingerprint density at radius 2 is 2.05 bits per heavy atom. The summed E-state index contributed by atoms with van der Waals surface area (Å²) in [5.74, 6) is -0.0714. The van der Waals surface area contributed by atoms with Gasteiger partial charge in [0, 0.05) is 19.0 Å². The van der Waals surface area contributed by atoms with E-state index < -0.39 is 17.9 Å². The Hall–Kier alpha value is -2.31. The number of fused-ring (bicyclic) bond motifs is 1. The minimum absolute atomic E-state index is 0.0714. The van der Waals surface area contributed by atoms with Crippen molar-refractivity contribution in [3.8, 4) is 0 Å². The summed E-state index contributed by atoms with van der Waals surface area (Å²) in [6.45, 7) is 1.29. The van der Waals surface area contributed by atoms with E-state index in [4.69, 9.17) is 0 Å². The molecule has 115 valence electrons. The molecule has 1 radical (unpaired) electrons. The van der Waals surface area contributed by atoms with Gasteiger partial charge in [0.15, 0.2) is 17.8 Å². The number of halogens is 3. The van der Waals surface area contributed by atoms with Crippen LogP contribution in [0.3, 0.4) is 0 Å². The molecule has 0 saturated heterocycles. The third kappa shape index (κ3) is 2.17. The van der Waals surface area contributed by atoms with Crippen LogP contribution in [0.15, 0.2) is 24.3 Å². The highest BCUT2D eigenvalue weighted by Gasteiger charge is 2.40. The Bertz CT molecular complexity index is 736. The number of carbonyl (C=O) groups excluding carboxylic acids is 1. The molecule has 0 spiro atoms. The van der Waals surface area contributed by atoms with Gasteiger partial charge >= 0.3 is 6.18 Å². The molecule has 2 aromatic rings. The third-order valence-electron chi connectivity index (χ3n) is 3.90. The van der Waals surface area contributed by atoms with Crippen molar-refractivity contribution in [2.75, 3.05) is 12.1 Å². The maximum Gasteiger partial charge on any atom is 0.435 e. The first-order valence-electron chi connectivity index (χ1n) is 6.70. The highest BCUT2D eigenvalue weighted by atomic mass is 19.4. The third-order valence-corrected chi connectivity index (χ3v) is 3.90. The lowest BCUT2D eigenvalue weighted by atomic mass is 10.1. The zero-order valence-electron chi connectivity index (χ0n) is 12.0. The minimum Gasteiger partial charge on any atom is -0.306 e. The Labute approximate surface area is 125 Å². The van der Waals surface area contributed by atoms with Crippen molar-refractivity contribution in [3.05, 3.63) is 53.1 Å². The smallest absolute Gasteiger partial charge is 0.306 e. The van der Waals surface area contributed by atoms with Crippen LogP contribution in [0.1, 0.15) is 39.8 Å². The maximum absolute atomic E-state index is 13.2. The van der Waals surface area contributed by atoms with Crippen LogP contribution >= 0.6 is 0 Å². The fourth-order valence-electron chi connectivity index (χ4n) is 2.84. The lowest BCUT2D eigenvalue weighted by Crippen LogP contribution is -2.36. The van der Waals surface area contributed by atoms with Crippen molar-refractivity contribution in [3.63, 3.8) is 0 Å². The summed E-state index contributed by atoms with van der Waals surface area (Å²) in [5, 5.41) is 1.37. The number of ketones is 1. The number of imidazole rings is 1. The fourth-order valence-corrected chi connectivity index (χ4v) is 2.84. The van der Waals surface area contributed by atoms with Gasteiger partial charge in [-0.25, -0.2) is 9.66 Å². The van der Waals surface area contributed by atoms with Gasteiger partial charge in [0.25, 0.3) is 0 Å². The molecule has 0 saturated carbocycles. The van der Waals surface area contributed by atoms with E-state index in [1.54, 1.807) is 24.3 Å². The van der Waals surface area contributed by atoms with E-state index in [0.29, 0.717) is 5.56 Å². The van der Waals surface area contributed by atoms with Crippen LogP contribution < -0.4 is 5.01 Å². The summed E-state index contributed by atoms with van der Waals surface area (Å²) in [6.07, 6.45) is -2.03. The Kier molecular flexibility index (Phi) is 3.23. The standard InChI is InChI=1S/C15H13F3N3O/c1-9-14(15(16,17)18)21(8-19-9)20(2)12-7-13(22)11-6-4-3-5-10(11)12/h3-6,12H,7H2,1-2H3. The van der Waals surface area contributed by atoms with Crippen LogP contribution in [-0.2, 0) is 6.18 Å². The summed E-state index contributed by atoms with van der Waals surface area (Å²) in [5.41, 5.74) is 0.274. The summed E-state index contributed by atoms with van der Waals surface area (Å²) >= 11 is 0. The topological polar surface area (TPSA) is 38.1 Å². The van der Waals surface area contributed by atoms with Gasteiger partial charge in [0.2, 0.25) is 0 Å². The van der Waals surface area contributed by atoms with Gasteiger partial charge in [-0.2, -0.15) is 13.2 Å². The number of benzene rings is 1. The van der Waals surface area contributed by atoms with Crippen LogP contribution in [-0.4, -0.2) is 22.5 Å². The first-order chi connectivity index (χ1) is 10.3. The van der Waals surface area contributed by atoms with Gasteiger partial charge < -0.3 is 5.01 Å². The fraction of sp³-hybridized carbons (Fsp3) is 0.333. The number of aryl methyl sites for hydroxylation is 1. The van der Waals surface area contributed by atoms with Crippen molar-refractivity contribution in [1.29, 1.82) is 0 Å². The Balaban J connectivity index is 2.04. The molecular formula is C15H13F3N3O. The summed E-state index contributed by atoms with van der Waals surface area (Å²) in [6, 6.07) is 6.51. The van der Waals surface area contributed by atoms with Crippen molar-refractivity contribution in [2.24, 2.45) is 0 Å². The van der Waals surface area contributed by atoms with E-state index >= 15 is 0 Å². The Morgan fingerprint density at radius 3 is 2.73 bits per heavy atom. The number of hydrogen-bond donors (Lipinski definition) is 0. The molecule has 0 fully saturated rings. The molecule has 1 aromatic heterocycles. The van der Waals surface area contributed by atoms with Crippen LogP contribution in [0, 0.1) is 13.3 Å². The van der Waals surface area contributed by atoms with E-state index in [1.165, 1.54) is 19.0 Å². The van der Waals surface area contributed by atoms with Crippen LogP contribution in [0.5, 0.6) is 0 Å². The molecule has 0 N–H and O–H groups in total. The average molecular weight is 308 g/mol. The van der Waals surface area contributed by atoms with E-state index in [0.717, 1.165) is 10.2 Å². The number of Topliss-reactive ketones (excluding diaryl/α,β-unsaturated/α-hetero) is 1. The second-order valence-corrected chi connectivity index (χ2v) is 5.26. The lowest BCUT2D eigenvalue weighted by Gasteiger charge is -2.29. The van der Waals surface area contributed by atoms with E-state index in [1.807, 2.05) is 0 Å². The largest absolute Gasteiger partial charge is 0.435 e. The van der Waals surface area contributed by atoms with Crippen LogP contribution in [0.4, 0.5) is 13.2 Å². The summed E-state index contributed by atoms with van der Waals surface area (Å²) in [4.78, 5) is 15.7. The van der Waals surface area contributed by atoms with E-state index in [2.05, 4.69) is 11.3 Å². The monoisotopic (exact) mass is 308 g/mol. The molecule has 0 amide bonds. The average Bonchev–Trinajstić information content (AvgIpc) is 2.99. The second kappa shape index (κ2) is 4.86. The zero-order chi connectivity index (χ0) is 16.1. The van der Waals surface area contributed by atoms with Crippen LogP contribution in [0.25, 0.3) is 0 Å². The minimum atomic E-state index is -4.53. The molecule has 22 heavy (non-hydrogen) atoms. The van der Waals surface area contributed by atoms with E-state index in [9.17, 15) is 18.0 Å². The molecule has 3 rings (SSSR count). The predicted octanol–water partition coefficient (Wildman–Crippen LogP) is 2.91. The highest BCUT2D eigenvalue weighted by Crippen LogP contribution is 2.37. The van der Waals surface area contributed by atoms with Crippen molar-refractivity contribution >= 4 is 5.78 Å². The SMILES string of the molecule is Cc1n[c]n(N(C)C2CC(=O)c3ccccc32)c1C(F)(F)F. The number of rotatable bonds is 2. The van der Waals surface area contributed by atoms with Gasteiger partial charge in [-0.05, 0) is 12.5 Å². The first kappa shape index (κ1) is 14.6. The van der Waals surface area contributed by atoms with E-state index in [-0.39, 0.29) is 17.9 Å². The molecule has 0 aliphatic heterocycles. The van der Waals surface area contributed by atoms with Gasteiger partial charge in [-0.15, -0.1) is 0 Å². The number of hydrogen-bond acceptors (Lipinski definition) is 3. The highest BCUT2D eigenvalue weighted by molar-refractivity contribution is 6.01. The molecule has 1 aliphatic rings. The molecule has 4 nitrogen and oxygen atoms in total. The van der Waals surface area contributed by atoms with Gasteiger partial charge in [-0.1, -0.05) is 24.3 Å². The number of nitrogens with zero attached hydrogens (tertiary/aromatic N) is 3. The lowest BCUT2D eigenvalue weighted by molar-refractivity contribution is -0.144. The number of aromatic nitrogens is 2. The second-order valence-electron chi connectivity index (χ2n) is 5.26.